The Balaban J connectivity index is 1.98. The van der Waals surface area contributed by atoms with Crippen LogP contribution in [-0.2, 0) is 19.2 Å². The maximum absolute atomic E-state index is 13.2. The van der Waals surface area contributed by atoms with Gasteiger partial charge in [-0.1, -0.05) is 105 Å². The van der Waals surface area contributed by atoms with Gasteiger partial charge in [0, 0.05) is 5.92 Å². The first-order valence-corrected chi connectivity index (χ1v) is 17.4. The molecule has 0 saturated carbocycles. The lowest BCUT2D eigenvalue weighted by Gasteiger charge is -2.40. The molecule has 3 N–H and O–H groups in total. The number of benzene rings is 3. The zero-order chi connectivity index (χ0) is 36.4. The van der Waals surface area contributed by atoms with E-state index in [1.165, 1.54) is 6.92 Å². The fourth-order valence-corrected chi connectivity index (χ4v) is 7.76. The summed E-state index contributed by atoms with van der Waals surface area (Å²) < 4.78 is 0. The Morgan fingerprint density at radius 2 is 0.939 bits per heavy atom. The van der Waals surface area contributed by atoms with E-state index in [9.17, 15) is 34.5 Å². The summed E-state index contributed by atoms with van der Waals surface area (Å²) in [7, 11) is 0. The first-order valence-electron chi connectivity index (χ1n) is 17.4. The fraction of sp³-hybridized carbons (Fsp3) is 0.476. The van der Waals surface area contributed by atoms with E-state index in [4.69, 9.17) is 0 Å². The van der Waals surface area contributed by atoms with Crippen LogP contribution in [0.3, 0.4) is 0 Å². The molecule has 0 aromatic heterocycles. The second-order valence-corrected chi connectivity index (χ2v) is 15.1. The molecule has 7 atom stereocenters. The molecule has 0 aliphatic rings. The molecule has 0 saturated heterocycles. The van der Waals surface area contributed by atoms with Crippen LogP contribution in [0.5, 0.6) is 0 Å². The van der Waals surface area contributed by atoms with Crippen LogP contribution in [0.4, 0.5) is 0 Å². The molecule has 0 aliphatic heterocycles. The van der Waals surface area contributed by atoms with Crippen molar-refractivity contribution in [2.24, 2.45) is 22.2 Å². The summed E-state index contributed by atoms with van der Waals surface area (Å²) in [5, 5.41) is 32.0. The zero-order valence-corrected chi connectivity index (χ0v) is 29.9. The van der Waals surface area contributed by atoms with Crippen molar-refractivity contribution in [1.82, 2.24) is 0 Å². The highest BCUT2D eigenvalue weighted by Crippen LogP contribution is 2.49. The Kier molecular flexibility index (Phi) is 13.5. The van der Waals surface area contributed by atoms with Gasteiger partial charge >= 0.3 is 17.9 Å². The molecule has 7 heteroatoms. The smallest absolute Gasteiger partial charge is 0.309 e. The third kappa shape index (κ3) is 10.4. The monoisotopic (exact) mass is 670 g/mol. The van der Waals surface area contributed by atoms with Gasteiger partial charge < -0.3 is 15.3 Å². The van der Waals surface area contributed by atoms with Crippen LogP contribution in [0.1, 0.15) is 121 Å². The number of carboxylic acid groups (broad SMARTS) is 3. The second-order valence-electron chi connectivity index (χ2n) is 15.1. The van der Waals surface area contributed by atoms with E-state index < -0.39 is 46.0 Å². The van der Waals surface area contributed by atoms with Gasteiger partial charge in [0.15, 0.2) is 0 Å². The maximum Gasteiger partial charge on any atom is 0.309 e. The summed E-state index contributed by atoms with van der Waals surface area (Å²) in [5.74, 6) is -4.40. The first kappa shape index (κ1) is 39.2. The lowest BCUT2D eigenvalue weighted by atomic mass is 9.62. The number of hydrogen-bond acceptors (Lipinski definition) is 4. The van der Waals surface area contributed by atoms with Gasteiger partial charge in [-0.3, -0.25) is 19.2 Å². The molecule has 3 aromatic rings. The minimum atomic E-state index is -1.50. The van der Waals surface area contributed by atoms with Gasteiger partial charge in [-0.25, -0.2) is 0 Å². The molecule has 0 amide bonds. The van der Waals surface area contributed by atoms with Crippen LogP contribution in [0.25, 0.3) is 0 Å². The molecule has 0 heterocycles. The number of rotatable bonds is 20. The summed E-state index contributed by atoms with van der Waals surface area (Å²) in [6, 6.07) is 28.8. The number of carbonyl (C=O) groups excluding carboxylic acids is 1. The lowest BCUT2D eigenvalue weighted by molar-refractivity contribution is -0.158. The van der Waals surface area contributed by atoms with E-state index in [-0.39, 0.29) is 49.7 Å². The summed E-state index contributed by atoms with van der Waals surface area (Å²) in [6.45, 7) is 10.4. The Labute approximate surface area is 291 Å². The van der Waals surface area contributed by atoms with E-state index >= 15 is 0 Å². The largest absolute Gasteiger partial charge is 0.481 e. The average Bonchev–Trinajstić information content (AvgIpc) is 3.07. The Morgan fingerprint density at radius 1 is 0.571 bits per heavy atom. The zero-order valence-electron chi connectivity index (χ0n) is 29.9. The Hall–Kier alpha value is -4.26. The van der Waals surface area contributed by atoms with Gasteiger partial charge in [0.25, 0.3) is 0 Å². The molecular weight excluding hydrogens is 616 g/mol. The van der Waals surface area contributed by atoms with Crippen molar-refractivity contribution in [2.75, 3.05) is 0 Å². The normalized spacial score (nSPS) is 17.7. The van der Waals surface area contributed by atoms with Crippen LogP contribution in [0, 0.1) is 22.2 Å². The summed E-state index contributed by atoms with van der Waals surface area (Å²) in [4.78, 5) is 52.2. The summed E-state index contributed by atoms with van der Waals surface area (Å²) in [6.07, 6.45) is 1.53. The highest BCUT2D eigenvalue weighted by atomic mass is 16.4. The molecular formula is C42H54O7. The van der Waals surface area contributed by atoms with Gasteiger partial charge in [0.1, 0.15) is 5.78 Å². The molecule has 264 valence electrons. The predicted molar refractivity (Wildman–Crippen MR) is 193 cm³/mol. The standard InChI is InChI=1S/C42H54O7/c1-7-31(33-19-13-9-14-20-33)24-41(5,38(46)47)28-42(6,39(48)49)27-36(34-21-15-10-16-22-34)26-40(4,37(44)45)25-35(30(3)43)23-29(2)32-17-11-8-12-18-32/h8-22,29,31,35-36H,7,23-28H2,1-6H3,(H,44,45)(H,46,47)(H,48,49). The second kappa shape index (κ2) is 16.9. The minimum absolute atomic E-state index is 0.0323. The van der Waals surface area contributed by atoms with E-state index in [1.54, 1.807) is 20.8 Å². The van der Waals surface area contributed by atoms with Crippen LogP contribution in [-0.4, -0.2) is 39.0 Å². The molecule has 7 unspecified atom stereocenters. The molecule has 0 spiro atoms. The van der Waals surface area contributed by atoms with Crippen molar-refractivity contribution in [3.63, 3.8) is 0 Å². The van der Waals surface area contributed by atoms with Crippen LogP contribution < -0.4 is 0 Å². The number of ketones is 1. The average molecular weight is 671 g/mol. The van der Waals surface area contributed by atoms with Gasteiger partial charge in [-0.15, -0.1) is 0 Å². The van der Waals surface area contributed by atoms with E-state index in [0.29, 0.717) is 12.8 Å². The van der Waals surface area contributed by atoms with Crippen molar-refractivity contribution < 1.29 is 34.5 Å². The predicted octanol–water partition coefficient (Wildman–Crippen LogP) is 9.59. The van der Waals surface area contributed by atoms with Gasteiger partial charge in [-0.05, 0) is 107 Å². The number of hydrogen-bond donors (Lipinski definition) is 3. The number of aliphatic carboxylic acids is 3. The van der Waals surface area contributed by atoms with E-state index in [2.05, 4.69) is 0 Å². The van der Waals surface area contributed by atoms with Crippen LogP contribution >= 0.6 is 0 Å². The molecule has 49 heavy (non-hydrogen) atoms. The summed E-state index contributed by atoms with van der Waals surface area (Å²) in [5.41, 5.74) is -1.35. The topological polar surface area (TPSA) is 129 Å². The number of Topliss-reactive ketones (excluding diaryl/α,β-unsaturated/α-hetero) is 1. The van der Waals surface area contributed by atoms with Crippen molar-refractivity contribution >= 4 is 23.7 Å². The number of carboxylic acids is 3. The Morgan fingerprint density at radius 3 is 1.33 bits per heavy atom. The maximum atomic E-state index is 13.2. The van der Waals surface area contributed by atoms with Gasteiger partial charge in [0.2, 0.25) is 0 Å². The molecule has 0 radical (unpaired) electrons. The SMILES string of the molecule is CCC(CC(C)(CC(C)(CC(CC(C)(CC(CC(C)c1ccccc1)C(C)=O)C(=O)O)c1ccccc1)C(=O)O)C(=O)O)c1ccccc1. The third-order valence-corrected chi connectivity index (χ3v) is 10.7. The minimum Gasteiger partial charge on any atom is -0.481 e. The van der Waals surface area contributed by atoms with Gasteiger partial charge in [-0.2, -0.15) is 0 Å². The van der Waals surface area contributed by atoms with Gasteiger partial charge in [0.05, 0.1) is 16.2 Å². The Bertz CT molecular complexity index is 1540. The van der Waals surface area contributed by atoms with Crippen LogP contribution in [0.15, 0.2) is 91.0 Å². The van der Waals surface area contributed by atoms with E-state index in [0.717, 1.165) is 16.7 Å². The highest BCUT2D eigenvalue weighted by molar-refractivity contribution is 5.81. The highest BCUT2D eigenvalue weighted by Gasteiger charge is 2.48. The number of carbonyl (C=O) groups is 4. The quantitative estimate of drug-likeness (QED) is 0.109. The molecule has 0 bridgehead atoms. The molecule has 0 aliphatic carbocycles. The van der Waals surface area contributed by atoms with Crippen molar-refractivity contribution in [3.05, 3.63) is 108 Å². The van der Waals surface area contributed by atoms with Crippen LogP contribution in [0.2, 0.25) is 0 Å². The third-order valence-electron chi connectivity index (χ3n) is 10.7. The summed E-state index contributed by atoms with van der Waals surface area (Å²) >= 11 is 0. The van der Waals surface area contributed by atoms with Crippen molar-refractivity contribution in [2.45, 2.75) is 104 Å². The molecule has 3 aromatic carbocycles. The fourth-order valence-electron chi connectivity index (χ4n) is 7.76. The lowest BCUT2D eigenvalue weighted by Crippen LogP contribution is -2.41. The van der Waals surface area contributed by atoms with Crippen molar-refractivity contribution in [1.29, 1.82) is 0 Å². The molecule has 0 fully saturated rings. The first-order chi connectivity index (χ1) is 23.0. The molecule has 7 nitrogen and oxygen atoms in total. The van der Waals surface area contributed by atoms with E-state index in [1.807, 2.05) is 105 Å². The molecule has 3 rings (SSSR count). The van der Waals surface area contributed by atoms with Crippen molar-refractivity contribution in [3.8, 4) is 0 Å².